The van der Waals surface area contributed by atoms with Gasteiger partial charge in [0.05, 0.1) is 24.3 Å². The van der Waals surface area contributed by atoms with Gasteiger partial charge in [0.25, 0.3) is 0 Å². The molecule has 0 spiro atoms. The summed E-state index contributed by atoms with van der Waals surface area (Å²) in [5, 5.41) is 19.9. The number of hydrogen-bond acceptors (Lipinski definition) is 7. The van der Waals surface area contributed by atoms with Crippen molar-refractivity contribution in [3.8, 4) is 5.69 Å². The van der Waals surface area contributed by atoms with Crippen LogP contribution in [-0.4, -0.2) is 71.3 Å². The normalized spacial score (nSPS) is 16.2. The molecule has 5 aromatic rings. The Morgan fingerprint density at radius 2 is 1.62 bits per heavy atom. The number of piperazine rings is 1. The SMILES string of the molecule is C[C@@H](N1CCN(c2ccc(-n3cnn(Cc4ccccc4C(F)(F)F)c3=O)c(F)c2)CC1)[C@](O)(Cn1cncn1)c1ccc(F)cc1F. The topological polar surface area (TPSA) is 97.2 Å². The molecule has 48 heavy (non-hydrogen) atoms. The maximum atomic E-state index is 15.4. The first kappa shape index (κ1) is 33.0. The largest absolute Gasteiger partial charge is 0.416 e. The van der Waals surface area contributed by atoms with E-state index in [-0.39, 0.29) is 23.4 Å². The Balaban J connectivity index is 1.17. The van der Waals surface area contributed by atoms with Crippen molar-refractivity contribution in [2.75, 3.05) is 31.1 Å². The minimum Gasteiger partial charge on any atom is -0.381 e. The summed E-state index contributed by atoms with van der Waals surface area (Å²) in [4.78, 5) is 20.8. The van der Waals surface area contributed by atoms with Crippen molar-refractivity contribution < 1.29 is 31.4 Å². The molecule has 0 unspecified atom stereocenters. The second kappa shape index (κ2) is 12.9. The van der Waals surface area contributed by atoms with E-state index in [4.69, 9.17) is 0 Å². The van der Waals surface area contributed by atoms with Gasteiger partial charge >= 0.3 is 11.9 Å². The highest BCUT2D eigenvalue weighted by atomic mass is 19.4. The van der Waals surface area contributed by atoms with Gasteiger partial charge in [-0.15, -0.1) is 0 Å². The molecule has 10 nitrogen and oxygen atoms in total. The van der Waals surface area contributed by atoms with E-state index in [9.17, 15) is 31.9 Å². The van der Waals surface area contributed by atoms with Gasteiger partial charge in [0, 0.05) is 49.5 Å². The van der Waals surface area contributed by atoms with Gasteiger partial charge in [-0.2, -0.15) is 23.4 Å². The number of nitrogens with zero attached hydrogens (tertiary/aromatic N) is 8. The van der Waals surface area contributed by atoms with Crippen LogP contribution < -0.4 is 10.6 Å². The molecule has 1 aliphatic rings. The Bertz CT molecular complexity index is 1950. The second-order valence-electron chi connectivity index (χ2n) is 11.6. The molecular weight excluding hydrogens is 642 g/mol. The standard InChI is InChI=1S/C32H30F6N8O2/c1-21(31(48,17-44-19-39-18-40-44)26-8-6-23(33)14-27(26)34)42-10-12-43(13-11-42)24-7-9-29(28(35)15-24)45-20-41-46(30(45)47)16-22-4-2-3-5-25(22)32(36,37)38/h2-9,14-15,18-21,48H,10-13,16-17H2,1H3/t21-,31-/m1/s1. The van der Waals surface area contributed by atoms with Crippen LogP contribution in [0.4, 0.5) is 32.0 Å². The minimum absolute atomic E-state index is 0.0879. The molecule has 0 radical (unpaired) electrons. The van der Waals surface area contributed by atoms with E-state index in [1.807, 2.05) is 9.80 Å². The lowest BCUT2D eigenvalue weighted by molar-refractivity contribution is -0.138. The van der Waals surface area contributed by atoms with Gasteiger partial charge in [0.2, 0.25) is 0 Å². The molecule has 3 heterocycles. The highest BCUT2D eigenvalue weighted by molar-refractivity contribution is 5.52. The number of anilines is 1. The Kier molecular flexibility index (Phi) is 8.87. The highest BCUT2D eigenvalue weighted by Crippen LogP contribution is 2.34. The van der Waals surface area contributed by atoms with Crippen LogP contribution in [-0.2, 0) is 24.9 Å². The lowest BCUT2D eigenvalue weighted by Gasteiger charge is -2.45. The smallest absolute Gasteiger partial charge is 0.381 e. The fourth-order valence-electron chi connectivity index (χ4n) is 6.11. The number of benzene rings is 3. The molecule has 0 amide bonds. The van der Waals surface area contributed by atoms with Crippen LogP contribution in [0.25, 0.3) is 5.69 Å². The molecule has 2 atom stereocenters. The van der Waals surface area contributed by atoms with Gasteiger partial charge < -0.3 is 10.0 Å². The third kappa shape index (κ3) is 6.44. The predicted molar refractivity (Wildman–Crippen MR) is 162 cm³/mol. The van der Waals surface area contributed by atoms with Crippen molar-refractivity contribution >= 4 is 5.69 Å². The second-order valence-corrected chi connectivity index (χ2v) is 11.6. The van der Waals surface area contributed by atoms with E-state index in [0.29, 0.717) is 31.9 Å². The fourth-order valence-corrected chi connectivity index (χ4v) is 6.11. The first-order chi connectivity index (χ1) is 22.8. The van der Waals surface area contributed by atoms with Crippen molar-refractivity contribution in [1.29, 1.82) is 0 Å². The molecular formula is C32H30F6N8O2. The Morgan fingerprint density at radius 3 is 2.29 bits per heavy atom. The van der Waals surface area contributed by atoms with Crippen molar-refractivity contribution in [2.24, 2.45) is 0 Å². The lowest BCUT2D eigenvalue weighted by atomic mass is 9.85. The molecule has 2 aromatic heterocycles. The number of hydrogen-bond donors (Lipinski definition) is 1. The van der Waals surface area contributed by atoms with Crippen molar-refractivity contribution in [1.82, 2.24) is 34.0 Å². The third-order valence-electron chi connectivity index (χ3n) is 8.75. The van der Waals surface area contributed by atoms with E-state index in [1.54, 1.807) is 13.0 Å². The van der Waals surface area contributed by atoms with Crippen LogP contribution in [0.2, 0.25) is 0 Å². The Hall–Kier alpha value is -4.96. The van der Waals surface area contributed by atoms with Gasteiger partial charge in [-0.25, -0.2) is 36.9 Å². The molecule has 0 aliphatic carbocycles. The van der Waals surface area contributed by atoms with Crippen LogP contribution in [0.3, 0.4) is 0 Å². The summed E-state index contributed by atoms with van der Waals surface area (Å²) in [6, 6.07) is 11.5. The number of aliphatic hydroxyl groups is 1. The maximum absolute atomic E-state index is 15.4. The predicted octanol–water partition coefficient (Wildman–Crippen LogP) is 4.21. The Morgan fingerprint density at radius 1 is 0.875 bits per heavy atom. The van der Waals surface area contributed by atoms with Crippen molar-refractivity contribution in [3.63, 3.8) is 0 Å². The molecule has 1 aliphatic heterocycles. The zero-order chi connectivity index (χ0) is 34.2. The van der Waals surface area contributed by atoms with Crippen LogP contribution >= 0.6 is 0 Å². The van der Waals surface area contributed by atoms with Gasteiger partial charge in [0.15, 0.2) is 0 Å². The summed E-state index contributed by atoms with van der Waals surface area (Å²) in [7, 11) is 0. The summed E-state index contributed by atoms with van der Waals surface area (Å²) in [5.74, 6) is -2.41. The van der Waals surface area contributed by atoms with Crippen LogP contribution in [0.15, 0.2) is 84.4 Å². The molecule has 0 bridgehead atoms. The van der Waals surface area contributed by atoms with Crippen LogP contribution in [0.5, 0.6) is 0 Å². The summed E-state index contributed by atoms with van der Waals surface area (Å²) >= 11 is 0. The number of alkyl halides is 3. The molecule has 0 saturated carbocycles. The average molecular weight is 673 g/mol. The lowest BCUT2D eigenvalue weighted by Crippen LogP contribution is -2.57. The minimum atomic E-state index is -4.62. The number of halogens is 6. The molecule has 1 N–H and O–H groups in total. The quantitative estimate of drug-likeness (QED) is 0.235. The molecule has 6 rings (SSSR count). The zero-order valence-electron chi connectivity index (χ0n) is 25.5. The van der Waals surface area contributed by atoms with E-state index < -0.39 is 53.1 Å². The van der Waals surface area contributed by atoms with Crippen molar-refractivity contribution in [3.05, 3.63) is 124 Å². The van der Waals surface area contributed by atoms with Gasteiger partial charge in [-0.05, 0) is 42.8 Å². The van der Waals surface area contributed by atoms with Crippen molar-refractivity contribution in [2.45, 2.75) is 37.8 Å². The third-order valence-corrected chi connectivity index (χ3v) is 8.75. The summed E-state index contributed by atoms with van der Waals surface area (Å²) in [5.41, 5.74) is -3.35. The van der Waals surface area contributed by atoms with E-state index in [2.05, 4.69) is 15.2 Å². The summed E-state index contributed by atoms with van der Waals surface area (Å²) in [6.07, 6.45) is -0.883. The first-order valence-electron chi connectivity index (χ1n) is 14.9. The Labute approximate surface area is 270 Å². The van der Waals surface area contributed by atoms with E-state index >= 15 is 4.39 Å². The van der Waals surface area contributed by atoms with Crippen LogP contribution in [0.1, 0.15) is 23.6 Å². The maximum Gasteiger partial charge on any atom is 0.416 e. The van der Waals surface area contributed by atoms with E-state index in [1.165, 1.54) is 53.7 Å². The molecule has 1 fully saturated rings. The van der Waals surface area contributed by atoms with Gasteiger partial charge in [-0.3, -0.25) is 4.90 Å². The summed E-state index contributed by atoms with van der Waals surface area (Å²) < 4.78 is 87.6. The molecule has 1 saturated heterocycles. The summed E-state index contributed by atoms with van der Waals surface area (Å²) in [6.45, 7) is 2.76. The monoisotopic (exact) mass is 672 g/mol. The zero-order valence-corrected chi connectivity index (χ0v) is 25.5. The average Bonchev–Trinajstić information content (AvgIpc) is 3.69. The number of aromatic nitrogens is 6. The van der Waals surface area contributed by atoms with E-state index in [0.717, 1.165) is 33.8 Å². The van der Waals surface area contributed by atoms with Gasteiger partial charge in [-0.1, -0.05) is 24.3 Å². The first-order valence-corrected chi connectivity index (χ1v) is 14.9. The van der Waals surface area contributed by atoms with Gasteiger partial charge in [0.1, 0.15) is 42.0 Å². The molecule has 3 aromatic carbocycles. The molecule has 252 valence electrons. The highest BCUT2D eigenvalue weighted by Gasteiger charge is 2.43. The van der Waals surface area contributed by atoms with Crippen LogP contribution in [0, 0.1) is 17.5 Å². The molecule has 16 heteroatoms. The number of rotatable bonds is 9. The fraction of sp³-hybridized carbons (Fsp3) is 0.312.